The van der Waals surface area contributed by atoms with Crippen LogP contribution in [0.3, 0.4) is 0 Å². The van der Waals surface area contributed by atoms with Crippen molar-refractivity contribution in [3.63, 3.8) is 0 Å². The van der Waals surface area contributed by atoms with Crippen LogP contribution in [0, 0.1) is 0 Å². The minimum atomic E-state index is -0.863. The van der Waals surface area contributed by atoms with Gasteiger partial charge in [0.15, 0.2) is 11.5 Å². The molecule has 2 heterocycles. The van der Waals surface area contributed by atoms with E-state index in [1.807, 2.05) is 6.07 Å². The molecule has 0 aliphatic carbocycles. The van der Waals surface area contributed by atoms with Crippen LogP contribution in [0.4, 0.5) is 0 Å². The van der Waals surface area contributed by atoms with E-state index in [2.05, 4.69) is 0 Å². The summed E-state index contributed by atoms with van der Waals surface area (Å²) in [4.78, 5) is 23.5. The molecule has 24 heavy (non-hydrogen) atoms. The van der Waals surface area contributed by atoms with Crippen molar-refractivity contribution >= 4 is 16.9 Å². The molecular formula is C18H12O6. The fraction of sp³-hybridized carbons (Fsp3) is 0.111. The molecule has 0 saturated carbocycles. The Kier molecular flexibility index (Phi) is 3.42. The number of carbonyl (C=O) groups excluding carboxylic acids is 1. The van der Waals surface area contributed by atoms with Crippen molar-refractivity contribution in [2.45, 2.75) is 6.10 Å². The van der Waals surface area contributed by atoms with Crippen LogP contribution in [0.5, 0.6) is 17.2 Å². The quantitative estimate of drug-likeness (QED) is 0.410. The van der Waals surface area contributed by atoms with Crippen molar-refractivity contribution in [1.82, 2.24) is 0 Å². The van der Waals surface area contributed by atoms with Crippen LogP contribution >= 0.6 is 0 Å². The molecule has 0 saturated heterocycles. The fourth-order valence-corrected chi connectivity index (χ4v) is 2.42. The summed E-state index contributed by atoms with van der Waals surface area (Å²) in [5.41, 5.74) is -0.120. The maximum atomic E-state index is 12.3. The van der Waals surface area contributed by atoms with Gasteiger partial charge in [0, 0.05) is 17.5 Å². The molecule has 1 aliphatic heterocycles. The molecule has 0 fully saturated rings. The Morgan fingerprint density at radius 2 is 1.83 bits per heavy atom. The number of hydrogen-bond acceptors (Lipinski definition) is 6. The molecule has 4 rings (SSSR count). The number of ether oxygens (including phenoxy) is 3. The fourth-order valence-electron chi connectivity index (χ4n) is 2.42. The van der Waals surface area contributed by atoms with Gasteiger partial charge < -0.3 is 18.6 Å². The molecule has 1 aromatic heterocycles. The lowest BCUT2D eigenvalue weighted by Gasteiger charge is -2.24. The Bertz CT molecular complexity index is 974. The molecule has 0 amide bonds. The molecule has 1 aliphatic rings. The summed E-state index contributed by atoms with van der Waals surface area (Å²) >= 11 is 0. The van der Waals surface area contributed by atoms with E-state index in [1.54, 1.807) is 36.4 Å². The van der Waals surface area contributed by atoms with Gasteiger partial charge in [-0.25, -0.2) is 9.59 Å². The van der Waals surface area contributed by atoms with Gasteiger partial charge in [0.1, 0.15) is 17.9 Å². The van der Waals surface area contributed by atoms with Crippen LogP contribution in [-0.2, 0) is 4.79 Å². The Morgan fingerprint density at radius 1 is 1.04 bits per heavy atom. The molecule has 0 unspecified atom stereocenters. The van der Waals surface area contributed by atoms with Gasteiger partial charge in [-0.2, -0.15) is 0 Å². The first-order chi connectivity index (χ1) is 11.7. The van der Waals surface area contributed by atoms with E-state index in [1.165, 1.54) is 12.1 Å². The second-order valence-electron chi connectivity index (χ2n) is 5.24. The predicted molar refractivity (Wildman–Crippen MR) is 84.5 cm³/mol. The summed E-state index contributed by atoms with van der Waals surface area (Å²) in [5.74, 6) is 0.774. The molecule has 0 spiro atoms. The van der Waals surface area contributed by atoms with Crippen molar-refractivity contribution in [3.8, 4) is 17.2 Å². The monoisotopic (exact) mass is 324 g/mol. The maximum absolute atomic E-state index is 12.3. The van der Waals surface area contributed by atoms with E-state index < -0.39 is 17.7 Å². The second-order valence-corrected chi connectivity index (χ2v) is 5.24. The van der Waals surface area contributed by atoms with Crippen LogP contribution in [-0.4, -0.2) is 18.7 Å². The Hall–Kier alpha value is -3.28. The Morgan fingerprint density at radius 3 is 2.71 bits per heavy atom. The minimum absolute atomic E-state index is 0.0680. The lowest BCUT2D eigenvalue weighted by atomic mass is 10.2. The van der Waals surface area contributed by atoms with Crippen molar-refractivity contribution in [2.24, 2.45) is 0 Å². The Labute approximate surface area is 136 Å². The van der Waals surface area contributed by atoms with E-state index in [0.717, 1.165) is 5.39 Å². The van der Waals surface area contributed by atoms with Crippen molar-refractivity contribution in [3.05, 3.63) is 65.0 Å². The molecule has 6 nitrogen and oxygen atoms in total. The summed E-state index contributed by atoms with van der Waals surface area (Å²) < 4.78 is 21.5. The summed E-state index contributed by atoms with van der Waals surface area (Å²) in [6.45, 7) is 0.0680. The molecule has 0 N–H and O–H groups in total. The van der Waals surface area contributed by atoms with Crippen LogP contribution in [0.15, 0.2) is 63.8 Å². The number of carbonyl (C=O) groups is 1. The van der Waals surface area contributed by atoms with Crippen molar-refractivity contribution < 1.29 is 23.4 Å². The lowest BCUT2D eigenvalue weighted by molar-refractivity contribution is -0.144. The van der Waals surface area contributed by atoms with Crippen LogP contribution in [0.2, 0.25) is 0 Å². The molecule has 2 aromatic carbocycles. The number of benzene rings is 2. The van der Waals surface area contributed by atoms with Gasteiger partial charge in [-0.1, -0.05) is 12.1 Å². The van der Waals surface area contributed by atoms with E-state index in [-0.39, 0.29) is 12.4 Å². The van der Waals surface area contributed by atoms with E-state index in [4.69, 9.17) is 18.6 Å². The number of hydrogen-bond donors (Lipinski definition) is 0. The molecule has 0 bridgehead atoms. The normalized spacial score (nSPS) is 15.9. The molecule has 6 heteroatoms. The first-order valence-corrected chi connectivity index (χ1v) is 7.33. The maximum Gasteiger partial charge on any atom is 0.356 e. The average molecular weight is 324 g/mol. The summed E-state index contributed by atoms with van der Waals surface area (Å²) in [7, 11) is 0. The first-order valence-electron chi connectivity index (χ1n) is 7.33. The van der Waals surface area contributed by atoms with Crippen LogP contribution in [0.25, 0.3) is 11.0 Å². The van der Waals surface area contributed by atoms with Gasteiger partial charge in [0.25, 0.3) is 0 Å². The molecule has 120 valence electrons. The molecule has 3 aromatic rings. The number of para-hydroxylation sites is 2. The summed E-state index contributed by atoms with van der Waals surface area (Å²) in [6, 6.07) is 14.9. The predicted octanol–water partition coefficient (Wildman–Crippen LogP) is 2.54. The smallest absolute Gasteiger partial charge is 0.356 e. The number of rotatable bonds is 2. The highest BCUT2D eigenvalue weighted by Gasteiger charge is 2.29. The van der Waals surface area contributed by atoms with Crippen LogP contribution < -0.4 is 19.8 Å². The largest absolute Gasteiger partial charge is 0.485 e. The van der Waals surface area contributed by atoms with Crippen molar-refractivity contribution in [1.29, 1.82) is 0 Å². The number of esters is 1. The first kappa shape index (κ1) is 14.3. The van der Waals surface area contributed by atoms with E-state index in [0.29, 0.717) is 17.1 Å². The molecular weight excluding hydrogens is 312 g/mol. The van der Waals surface area contributed by atoms with Crippen LogP contribution in [0.1, 0.15) is 0 Å². The van der Waals surface area contributed by atoms with E-state index >= 15 is 0 Å². The zero-order chi connectivity index (χ0) is 16.5. The SMILES string of the molecule is O=C(Oc1ccc2ccc(=O)oc2c1)[C@H]1COc2ccccc2O1. The average Bonchev–Trinajstić information content (AvgIpc) is 2.61. The highest BCUT2D eigenvalue weighted by Crippen LogP contribution is 2.31. The topological polar surface area (TPSA) is 75.0 Å². The third-order valence-electron chi connectivity index (χ3n) is 3.58. The van der Waals surface area contributed by atoms with Gasteiger partial charge in [-0.3, -0.25) is 0 Å². The second kappa shape index (κ2) is 5.73. The van der Waals surface area contributed by atoms with Crippen molar-refractivity contribution in [2.75, 3.05) is 6.61 Å². The van der Waals surface area contributed by atoms with Gasteiger partial charge in [-0.15, -0.1) is 0 Å². The zero-order valence-electron chi connectivity index (χ0n) is 12.4. The standard InChI is InChI=1S/C18H12O6/c19-17-8-6-11-5-7-12(9-15(11)24-17)22-18(20)16-10-21-13-3-1-2-4-14(13)23-16/h1-9,16H,10H2/t16-/m1/s1. The minimum Gasteiger partial charge on any atom is -0.485 e. The van der Waals surface area contributed by atoms with Gasteiger partial charge in [-0.05, 0) is 30.3 Å². The Balaban J connectivity index is 1.53. The van der Waals surface area contributed by atoms with Gasteiger partial charge >= 0.3 is 11.6 Å². The lowest BCUT2D eigenvalue weighted by Crippen LogP contribution is -2.39. The van der Waals surface area contributed by atoms with E-state index in [9.17, 15) is 9.59 Å². The number of fused-ring (bicyclic) bond motifs is 2. The summed E-state index contributed by atoms with van der Waals surface area (Å²) in [5, 5.41) is 0.737. The molecule has 1 atom stereocenters. The third kappa shape index (κ3) is 2.69. The van der Waals surface area contributed by atoms with Gasteiger partial charge in [0.05, 0.1) is 0 Å². The summed E-state index contributed by atoms with van der Waals surface area (Å²) in [6.07, 6.45) is -0.863. The zero-order valence-corrected chi connectivity index (χ0v) is 12.4. The highest BCUT2D eigenvalue weighted by molar-refractivity contribution is 5.81. The molecule has 0 radical (unpaired) electrons. The highest BCUT2D eigenvalue weighted by atomic mass is 16.6. The third-order valence-corrected chi connectivity index (χ3v) is 3.58. The van der Waals surface area contributed by atoms with Gasteiger partial charge in [0.2, 0.25) is 6.10 Å².